The van der Waals surface area contributed by atoms with Crippen LogP contribution in [0.4, 0.5) is 5.69 Å². The summed E-state index contributed by atoms with van der Waals surface area (Å²) in [5.41, 5.74) is 6.62. The summed E-state index contributed by atoms with van der Waals surface area (Å²) in [5, 5.41) is 7.93. The molecule has 1 aliphatic rings. The summed E-state index contributed by atoms with van der Waals surface area (Å²) in [5.74, 6) is 1.15. The Kier molecular flexibility index (Phi) is 9.17. The number of benzene rings is 3. The zero-order valence-corrected chi connectivity index (χ0v) is 24.5. The lowest BCUT2D eigenvalue weighted by Crippen LogP contribution is -2.20. The van der Waals surface area contributed by atoms with Crippen molar-refractivity contribution in [2.45, 2.75) is 58.4 Å². The largest absolute Gasteiger partial charge is 0.487 e. The molecule has 1 unspecified atom stereocenters. The average molecular weight is 553 g/mol. The first-order valence-corrected chi connectivity index (χ1v) is 14.4. The van der Waals surface area contributed by atoms with E-state index in [1.165, 1.54) is 11.1 Å². The van der Waals surface area contributed by atoms with Gasteiger partial charge >= 0.3 is 0 Å². The lowest BCUT2D eigenvalue weighted by atomic mass is 10.0. The molecule has 2 heterocycles. The predicted octanol–water partition coefficient (Wildman–Crippen LogP) is 7.27. The van der Waals surface area contributed by atoms with Gasteiger partial charge in [0.15, 0.2) is 6.23 Å². The summed E-state index contributed by atoms with van der Waals surface area (Å²) in [6.45, 7) is 6.30. The van der Waals surface area contributed by atoms with E-state index in [4.69, 9.17) is 14.6 Å². The second kappa shape index (κ2) is 13.1. The van der Waals surface area contributed by atoms with Crippen LogP contribution in [0.25, 0.3) is 11.3 Å². The van der Waals surface area contributed by atoms with Crippen LogP contribution in [0.5, 0.6) is 5.75 Å². The molecule has 1 aliphatic heterocycles. The Labute approximate surface area is 243 Å². The minimum Gasteiger partial charge on any atom is -0.487 e. The molecule has 1 N–H and O–H groups in total. The molecule has 0 aliphatic carbocycles. The Hall–Kier alpha value is -3.94. The quantitative estimate of drug-likeness (QED) is 0.224. The van der Waals surface area contributed by atoms with E-state index < -0.39 is 0 Å². The number of carbonyl (C=O) groups is 1. The number of nitrogens with one attached hydrogen (secondary N) is 1. The molecule has 0 radical (unpaired) electrons. The van der Waals surface area contributed by atoms with Crippen LogP contribution in [-0.2, 0) is 17.9 Å². The van der Waals surface area contributed by atoms with Gasteiger partial charge in [0.05, 0.1) is 5.69 Å². The number of amides is 1. The smallest absolute Gasteiger partial charge is 0.255 e. The van der Waals surface area contributed by atoms with Gasteiger partial charge in [0.2, 0.25) is 0 Å². The maximum absolute atomic E-state index is 12.8. The summed E-state index contributed by atoms with van der Waals surface area (Å²) >= 11 is 0. The maximum Gasteiger partial charge on any atom is 0.255 e. The molecule has 3 aromatic carbocycles. The SMILES string of the molecule is CC(C)c1cccc(OCc2cc(-c3ccc(NC(=O)c4ccc(CN(C)C)cc4)cc3)n(C3CCCCO3)n2)c1. The van der Waals surface area contributed by atoms with Crippen molar-refractivity contribution < 1.29 is 14.3 Å². The van der Waals surface area contributed by atoms with Crippen molar-refractivity contribution in [3.63, 3.8) is 0 Å². The number of ether oxygens (including phenoxy) is 2. The van der Waals surface area contributed by atoms with Crippen molar-refractivity contribution in [1.82, 2.24) is 14.7 Å². The molecule has 41 heavy (non-hydrogen) atoms. The van der Waals surface area contributed by atoms with E-state index in [2.05, 4.69) is 42.3 Å². The first-order chi connectivity index (χ1) is 19.9. The van der Waals surface area contributed by atoms with Gasteiger partial charge in [-0.05, 0) is 92.9 Å². The molecule has 7 nitrogen and oxygen atoms in total. The number of hydrogen-bond donors (Lipinski definition) is 1. The van der Waals surface area contributed by atoms with Crippen LogP contribution in [0.1, 0.15) is 72.4 Å². The van der Waals surface area contributed by atoms with E-state index in [-0.39, 0.29) is 12.1 Å². The van der Waals surface area contributed by atoms with Crippen LogP contribution < -0.4 is 10.1 Å². The zero-order chi connectivity index (χ0) is 28.8. The molecule has 1 saturated heterocycles. The predicted molar refractivity (Wildman–Crippen MR) is 163 cm³/mol. The molecule has 1 fully saturated rings. The van der Waals surface area contributed by atoms with Crippen molar-refractivity contribution in [1.29, 1.82) is 0 Å². The Morgan fingerprint density at radius 1 is 1.05 bits per heavy atom. The van der Waals surface area contributed by atoms with E-state index in [1.807, 2.05) is 79.4 Å². The van der Waals surface area contributed by atoms with Crippen LogP contribution >= 0.6 is 0 Å². The van der Waals surface area contributed by atoms with E-state index in [9.17, 15) is 4.79 Å². The van der Waals surface area contributed by atoms with Crippen molar-refractivity contribution in [2.24, 2.45) is 0 Å². The maximum atomic E-state index is 12.8. The number of carbonyl (C=O) groups excluding carboxylic acids is 1. The molecule has 0 bridgehead atoms. The van der Waals surface area contributed by atoms with E-state index in [1.54, 1.807) is 0 Å². The molecular formula is C34H40N4O3. The summed E-state index contributed by atoms with van der Waals surface area (Å²) in [7, 11) is 4.06. The summed E-state index contributed by atoms with van der Waals surface area (Å²) in [6.07, 6.45) is 3.00. The Morgan fingerprint density at radius 3 is 2.51 bits per heavy atom. The lowest BCUT2D eigenvalue weighted by molar-refractivity contribution is -0.0387. The van der Waals surface area contributed by atoms with E-state index in [0.717, 1.165) is 60.8 Å². The van der Waals surface area contributed by atoms with Crippen molar-refractivity contribution >= 4 is 11.6 Å². The van der Waals surface area contributed by atoms with Crippen molar-refractivity contribution in [3.8, 4) is 17.0 Å². The molecule has 1 atom stereocenters. The summed E-state index contributed by atoms with van der Waals surface area (Å²) in [4.78, 5) is 14.9. The second-order valence-electron chi connectivity index (χ2n) is 11.3. The monoisotopic (exact) mass is 552 g/mol. The third-order valence-electron chi connectivity index (χ3n) is 7.28. The first kappa shape index (κ1) is 28.6. The number of anilines is 1. The van der Waals surface area contributed by atoms with Gasteiger partial charge < -0.3 is 19.7 Å². The van der Waals surface area contributed by atoms with Crippen LogP contribution in [0.3, 0.4) is 0 Å². The highest BCUT2D eigenvalue weighted by atomic mass is 16.5. The van der Waals surface area contributed by atoms with Gasteiger partial charge in [0.1, 0.15) is 18.1 Å². The first-order valence-electron chi connectivity index (χ1n) is 14.4. The fourth-order valence-corrected chi connectivity index (χ4v) is 5.04. The fraction of sp³-hybridized carbons (Fsp3) is 0.353. The molecule has 7 heteroatoms. The molecule has 5 rings (SSSR count). The van der Waals surface area contributed by atoms with Gasteiger partial charge in [-0.25, -0.2) is 4.68 Å². The molecule has 0 spiro atoms. The van der Waals surface area contributed by atoms with Crippen LogP contribution in [0, 0.1) is 0 Å². The highest BCUT2D eigenvalue weighted by molar-refractivity contribution is 6.04. The standard InChI is InChI=1S/C34H40N4O3/c1-24(2)28-8-7-9-31(20-28)41-23-30-21-32(38(36-30)33-10-5-6-19-40-33)26-15-17-29(18-16-26)35-34(39)27-13-11-25(12-14-27)22-37(3)4/h7-9,11-18,20-21,24,33H,5-6,10,19,22-23H2,1-4H3,(H,35,39). The third-order valence-corrected chi connectivity index (χ3v) is 7.28. The van der Waals surface area contributed by atoms with Gasteiger partial charge in [0, 0.05) is 30.0 Å². The van der Waals surface area contributed by atoms with Crippen LogP contribution in [-0.4, -0.2) is 41.3 Å². The normalized spacial score (nSPS) is 15.3. The van der Waals surface area contributed by atoms with Gasteiger partial charge in [-0.3, -0.25) is 4.79 Å². The fourth-order valence-electron chi connectivity index (χ4n) is 5.04. The van der Waals surface area contributed by atoms with Gasteiger partial charge in [0.25, 0.3) is 5.91 Å². The number of rotatable bonds is 10. The van der Waals surface area contributed by atoms with Gasteiger partial charge in [-0.2, -0.15) is 5.10 Å². The Bertz CT molecular complexity index is 1440. The van der Waals surface area contributed by atoms with E-state index in [0.29, 0.717) is 18.1 Å². The lowest BCUT2D eigenvalue weighted by Gasteiger charge is -2.24. The minimum atomic E-state index is -0.129. The minimum absolute atomic E-state index is 0.105. The van der Waals surface area contributed by atoms with Crippen molar-refractivity contribution in [2.75, 3.05) is 26.0 Å². The topological polar surface area (TPSA) is 68.6 Å². The van der Waals surface area contributed by atoms with Crippen LogP contribution in [0.15, 0.2) is 78.9 Å². The Morgan fingerprint density at radius 2 is 1.83 bits per heavy atom. The van der Waals surface area contributed by atoms with Gasteiger partial charge in [-0.1, -0.05) is 50.2 Å². The molecule has 214 valence electrons. The molecular weight excluding hydrogens is 512 g/mol. The number of nitrogens with zero attached hydrogens (tertiary/aromatic N) is 3. The molecule has 1 amide bonds. The number of aromatic nitrogens is 2. The van der Waals surface area contributed by atoms with Crippen LogP contribution in [0.2, 0.25) is 0 Å². The van der Waals surface area contributed by atoms with E-state index >= 15 is 0 Å². The number of hydrogen-bond acceptors (Lipinski definition) is 5. The highest BCUT2D eigenvalue weighted by Crippen LogP contribution is 2.31. The molecule has 0 saturated carbocycles. The second-order valence-corrected chi connectivity index (χ2v) is 11.3. The third kappa shape index (κ3) is 7.43. The zero-order valence-electron chi connectivity index (χ0n) is 24.5. The highest BCUT2D eigenvalue weighted by Gasteiger charge is 2.22. The van der Waals surface area contributed by atoms with Gasteiger partial charge in [-0.15, -0.1) is 0 Å². The Balaban J connectivity index is 1.31. The molecule has 4 aromatic rings. The molecule has 1 aromatic heterocycles. The van der Waals surface area contributed by atoms with Crippen molar-refractivity contribution in [3.05, 3.63) is 101 Å². The summed E-state index contributed by atoms with van der Waals surface area (Å²) < 4.78 is 14.2. The average Bonchev–Trinajstić information content (AvgIpc) is 3.41. The summed E-state index contributed by atoms with van der Waals surface area (Å²) in [6, 6.07) is 25.9.